The van der Waals surface area contributed by atoms with Gasteiger partial charge in [0.2, 0.25) is 0 Å². The first-order chi connectivity index (χ1) is 4.35. The predicted octanol–water partition coefficient (Wildman–Crippen LogP) is -3.39. The summed E-state index contributed by atoms with van der Waals surface area (Å²) in [5, 5.41) is 17.0. The summed E-state index contributed by atoms with van der Waals surface area (Å²) in [5.74, 6) is 2.80. The Morgan fingerprint density at radius 3 is 1.70 bits per heavy atom. The van der Waals surface area contributed by atoms with Crippen LogP contribution in [0.4, 0.5) is 0 Å². The number of aliphatic hydroxyl groups is 2. The molecule has 0 amide bonds. The van der Waals surface area contributed by atoms with Crippen LogP contribution in [0.5, 0.6) is 0 Å². The number of aliphatic hydroxyl groups excluding tert-OH is 2. The molecule has 0 rings (SSSR count). The number of hydrogen-bond acceptors (Lipinski definition) is 2. The molecule has 0 unspecified atom stereocenters. The molecule has 0 saturated heterocycles. The van der Waals surface area contributed by atoms with Gasteiger partial charge in [-0.25, -0.2) is 0 Å². The van der Waals surface area contributed by atoms with Crippen molar-refractivity contribution in [2.45, 2.75) is 6.92 Å². The van der Waals surface area contributed by atoms with Crippen LogP contribution in [-0.4, -0.2) is 40.7 Å². The van der Waals surface area contributed by atoms with Gasteiger partial charge in [0.05, 0.1) is 13.2 Å². The van der Waals surface area contributed by atoms with E-state index >= 15 is 0 Å². The molecule has 0 aromatic rings. The maximum absolute atomic E-state index is 8.52. The largest absolute Gasteiger partial charge is 1.00 e. The van der Waals surface area contributed by atoms with E-state index in [4.69, 9.17) is 10.2 Å². The van der Waals surface area contributed by atoms with E-state index in [0.29, 0.717) is 0 Å². The van der Waals surface area contributed by atoms with Gasteiger partial charge in [-0.1, -0.05) is 0 Å². The molecule has 64 valence electrons. The molecule has 10 heavy (non-hydrogen) atoms. The molecule has 0 aliphatic heterocycles. The van der Waals surface area contributed by atoms with E-state index in [9.17, 15) is 0 Å². The van der Waals surface area contributed by atoms with Crippen LogP contribution >= 0.6 is 0 Å². The summed E-state index contributed by atoms with van der Waals surface area (Å²) in [7, 11) is 0.269. The highest BCUT2D eigenvalue weighted by atomic mass is 79.9. The minimum absolute atomic E-state index is 0. The molecule has 0 fully saturated rings. The molecular formula is C6H15BrO2S. The number of halogens is 1. The topological polar surface area (TPSA) is 40.5 Å². The third kappa shape index (κ3) is 6.86. The van der Waals surface area contributed by atoms with Crippen LogP contribution in [0.1, 0.15) is 6.92 Å². The van der Waals surface area contributed by atoms with Crippen molar-refractivity contribution in [2.24, 2.45) is 0 Å². The zero-order chi connectivity index (χ0) is 7.11. The van der Waals surface area contributed by atoms with Gasteiger partial charge in [0, 0.05) is 0 Å². The number of rotatable bonds is 5. The average Bonchev–Trinajstić information content (AvgIpc) is 1.88. The first-order valence-electron chi connectivity index (χ1n) is 3.21. The fourth-order valence-corrected chi connectivity index (χ4v) is 1.95. The first-order valence-corrected chi connectivity index (χ1v) is 4.94. The third-order valence-electron chi connectivity index (χ3n) is 1.17. The quantitative estimate of drug-likeness (QED) is 0.485. The molecule has 0 atom stereocenters. The smallest absolute Gasteiger partial charge is 0.131 e. The van der Waals surface area contributed by atoms with Crippen LogP contribution in [0.2, 0.25) is 0 Å². The van der Waals surface area contributed by atoms with Gasteiger partial charge < -0.3 is 27.2 Å². The summed E-state index contributed by atoms with van der Waals surface area (Å²) in [4.78, 5) is 0. The second-order valence-corrected chi connectivity index (χ2v) is 4.38. The van der Waals surface area contributed by atoms with Gasteiger partial charge in [-0.3, -0.25) is 0 Å². The van der Waals surface area contributed by atoms with E-state index in [1.165, 1.54) is 0 Å². The Morgan fingerprint density at radius 2 is 1.50 bits per heavy atom. The van der Waals surface area contributed by atoms with E-state index in [1.54, 1.807) is 0 Å². The second-order valence-electron chi connectivity index (χ2n) is 1.76. The Hall–Kier alpha value is 0.750. The molecule has 4 heteroatoms. The van der Waals surface area contributed by atoms with Crippen molar-refractivity contribution in [3.8, 4) is 0 Å². The van der Waals surface area contributed by atoms with Crippen LogP contribution in [0, 0.1) is 0 Å². The van der Waals surface area contributed by atoms with Crippen molar-refractivity contribution >= 4 is 10.9 Å². The van der Waals surface area contributed by atoms with E-state index < -0.39 is 0 Å². The standard InChI is InChI=1S/C6H15O2S.BrH/c1-2-9(5-3-7)6-4-8;/h7-8H,2-6H2,1H3;1H/q+1;/p-1. The van der Waals surface area contributed by atoms with Crippen molar-refractivity contribution < 1.29 is 27.2 Å². The van der Waals surface area contributed by atoms with Crippen molar-refractivity contribution in [3.05, 3.63) is 0 Å². The lowest BCUT2D eigenvalue weighted by atomic mass is 10.9. The van der Waals surface area contributed by atoms with Crippen LogP contribution in [0.15, 0.2) is 0 Å². The summed E-state index contributed by atoms with van der Waals surface area (Å²) in [5.41, 5.74) is 0. The van der Waals surface area contributed by atoms with Crippen molar-refractivity contribution in [1.82, 2.24) is 0 Å². The summed E-state index contributed by atoms with van der Waals surface area (Å²) in [6.45, 7) is 2.61. The lowest BCUT2D eigenvalue weighted by molar-refractivity contribution is -0.00000428. The number of hydrogen-bond donors (Lipinski definition) is 2. The fraction of sp³-hybridized carbons (Fsp3) is 1.00. The molecule has 0 saturated carbocycles. The van der Waals surface area contributed by atoms with Gasteiger partial charge in [0.25, 0.3) is 0 Å². The molecular weight excluding hydrogens is 216 g/mol. The van der Waals surface area contributed by atoms with E-state index in [0.717, 1.165) is 17.3 Å². The van der Waals surface area contributed by atoms with E-state index in [1.807, 2.05) is 0 Å². The maximum atomic E-state index is 8.52. The molecule has 0 aliphatic carbocycles. The lowest BCUT2D eigenvalue weighted by Gasteiger charge is -2.00. The first kappa shape index (κ1) is 13.3. The fourth-order valence-electron chi connectivity index (χ4n) is 0.649. The average molecular weight is 231 g/mol. The maximum Gasteiger partial charge on any atom is 0.131 e. The Labute approximate surface area is 75.8 Å². The molecule has 0 aliphatic rings. The van der Waals surface area contributed by atoms with Gasteiger partial charge in [0.15, 0.2) is 0 Å². The van der Waals surface area contributed by atoms with Crippen LogP contribution in [-0.2, 0) is 10.9 Å². The summed E-state index contributed by atoms with van der Waals surface area (Å²) >= 11 is 0. The van der Waals surface area contributed by atoms with E-state index in [-0.39, 0.29) is 41.1 Å². The van der Waals surface area contributed by atoms with Gasteiger partial charge >= 0.3 is 0 Å². The molecule has 0 radical (unpaired) electrons. The molecule has 0 heterocycles. The Morgan fingerprint density at radius 1 is 1.10 bits per heavy atom. The minimum Gasteiger partial charge on any atom is -1.00 e. The normalized spacial score (nSPS) is 9.60. The second kappa shape index (κ2) is 9.75. The van der Waals surface area contributed by atoms with Crippen molar-refractivity contribution in [3.63, 3.8) is 0 Å². The summed E-state index contributed by atoms with van der Waals surface area (Å²) in [6.07, 6.45) is 0. The Bertz CT molecular complexity index is 57.7. The van der Waals surface area contributed by atoms with Crippen LogP contribution in [0.25, 0.3) is 0 Å². The van der Waals surface area contributed by atoms with Crippen LogP contribution < -0.4 is 17.0 Å². The van der Waals surface area contributed by atoms with Gasteiger partial charge in [0.1, 0.15) is 17.3 Å². The Balaban J connectivity index is 0. The minimum atomic E-state index is 0. The monoisotopic (exact) mass is 230 g/mol. The summed E-state index contributed by atoms with van der Waals surface area (Å²) < 4.78 is 0. The van der Waals surface area contributed by atoms with Gasteiger partial charge in [-0.2, -0.15) is 0 Å². The molecule has 0 spiro atoms. The molecule has 2 N–H and O–H groups in total. The zero-order valence-corrected chi connectivity index (χ0v) is 8.62. The molecule has 0 aromatic heterocycles. The van der Waals surface area contributed by atoms with Gasteiger partial charge in [-0.05, 0) is 17.8 Å². The Kier molecular flexibility index (Phi) is 13.0. The highest BCUT2D eigenvalue weighted by Gasteiger charge is 2.11. The highest BCUT2D eigenvalue weighted by Crippen LogP contribution is 1.93. The van der Waals surface area contributed by atoms with E-state index in [2.05, 4.69) is 6.92 Å². The van der Waals surface area contributed by atoms with Crippen LogP contribution in [0.3, 0.4) is 0 Å². The predicted molar refractivity (Wildman–Crippen MR) is 41.8 cm³/mol. The summed E-state index contributed by atoms with van der Waals surface area (Å²) in [6, 6.07) is 0. The zero-order valence-electron chi connectivity index (χ0n) is 6.22. The SMILES string of the molecule is CC[S+](CCO)CCO.[Br-]. The highest BCUT2D eigenvalue weighted by molar-refractivity contribution is 7.96. The van der Waals surface area contributed by atoms with Gasteiger partial charge in [-0.15, -0.1) is 0 Å². The lowest BCUT2D eigenvalue weighted by Crippen LogP contribution is -3.00. The third-order valence-corrected chi connectivity index (χ3v) is 3.50. The van der Waals surface area contributed by atoms with Crippen molar-refractivity contribution in [1.29, 1.82) is 0 Å². The van der Waals surface area contributed by atoms with Crippen molar-refractivity contribution in [2.75, 3.05) is 30.5 Å². The molecule has 0 bridgehead atoms. The molecule has 2 nitrogen and oxygen atoms in total. The molecule has 0 aromatic carbocycles.